The Hall–Kier alpha value is -0.900. The van der Waals surface area contributed by atoms with Crippen LogP contribution >= 0.6 is 24.0 Å². The van der Waals surface area contributed by atoms with Gasteiger partial charge >= 0.3 is 0 Å². The van der Waals surface area contributed by atoms with Gasteiger partial charge in [-0.3, -0.25) is 4.99 Å². The van der Waals surface area contributed by atoms with Crippen LogP contribution in [0, 0.1) is 0 Å². The molecule has 0 radical (unpaired) electrons. The molecule has 0 amide bonds. The summed E-state index contributed by atoms with van der Waals surface area (Å²) in [6, 6.07) is 0.207. The first-order valence-electron chi connectivity index (χ1n) is 7.11. The van der Waals surface area contributed by atoms with Gasteiger partial charge in [0.05, 0.1) is 13.2 Å². The Kier molecular flexibility index (Phi) is 7.94. The van der Waals surface area contributed by atoms with Crippen molar-refractivity contribution in [3.8, 4) is 0 Å². The highest BCUT2D eigenvalue weighted by molar-refractivity contribution is 14.0. The first-order valence-corrected chi connectivity index (χ1v) is 7.11. The highest BCUT2D eigenvalue weighted by Gasteiger charge is 2.15. The number of rotatable bonds is 5. The molecule has 2 heterocycles. The van der Waals surface area contributed by atoms with Gasteiger partial charge in [0.1, 0.15) is 5.82 Å². The van der Waals surface area contributed by atoms with E-state index in [0.29, 0.717) is 13.2 Å². The monoisotopic (exact) mass is 408 g/mol. The smallest absolute Gasteiger partial charge is 0.191 e. The lowest BCUT2D eigenvalue weighted by Gasteiger charge is -2.18. The molecule has 0 bridgehead atoms. The molecule has 1 aromatic heterocycles. The quantitative estimate of drug-likeness (QED) is 0.431. The second kappa shape index (κ2) is 9.19. The fourth-order valence-corrected chi connectivity index (χ4v) is 2.38. The van der Waals surface area contributed by atoms with Crippen LogP contribution in [-0.2, 0) is 24.2 Å². The molecule has 1 aliphatic rings. The van der Waals surface area contributed by atoms with Crippen molar-refractivity contribution in [1.29, 1.82) is 0 Å². The summed E-state index contributed by atoms with van der Waals surface area (Å²) in [6.07, 6.45) is 3.45. The second-order valence-electron chi connectivity index (χ2n) is 5.07. The summed E-state index contributed by atoms with van der Waals surface area (Å²) >= 11 is 0. The van der Waals surface area contributed by atoms with Crippen LogP contribution in [0.5, 0.6) is 0 Å². The Morgan fingerprint density at radius 1 is 1.43 bits per heavy atom. The minimum atomic E-state index is 0. The van der Waals surface area contributed by atoms with Gasteiger partial charge in [-0.05, 0) is 19.8 Å². The van der Waals surface area contributed by atoms with E-state index in [0.717, 1.165) is 30.6 Å². The second-order valence-corrected chi connectivity index (χ2v) is 5.07. The van der Waals surface area contributed by atoms with E-state index in [4.69, 9.17) is 4.74 Å². The Morgan fingerprint density at radius 3 is 2.95 bits per heavy atom. The molecule has 0 aromatic carbocycles. The molecule has 0 fully saturated rings. The van der Waals surface area contributed by atoms with Crippen molar-refractivity contribution >= 4 is 29.9 Å². The number of fused-ring (bicyclic) bond motifs is 1. The van der Waals surface area contributed by atoms with Gasteiger partial charge in [-0.25, -0.2) is 0 Å². The Bertz CT molecular complexity index is 462. The van der Waals surface area contributed by atoms with E-state index in [1.807, 2.05) is 0 Å². The number of ether oxygens (including phenoxy) is 1. The maximum absolute atomic E-state index is 5.10. The van der Waals surface area contributed by atoms with Gasteiger partial charge in [0.15, 0.2) is 11.8 Å². The van der Waals surface area contributed by atoms with Crippen molar-refractivity contribution in [2.45, 2.75) is 45.3 Å². The SMILES string of the molecule is CN=C(NCc1nnc2n1CCCC2)NC(C)COC.I. The van der Waals surface area contributed by atoms with Crippen LogP contribution in [0.25, 0.3) is 0 Å². The average molecular weight is 408 g/mol. The zero-order valence-electron chi connectivity index (χ0n) is 12.9. The number of hydrogen-bond donors (Lipinski definition) is 2. The van der Waals surface area contributed by atoms with E-state index in [1.165, 1.54) is 12.8 Å². The van der Waals surface area contributed by atoms with Crippen molar-refractivity contribution < 1.29 is 4.74 Å². The highest BCUT2D eigenvalue weighted by Crippen LogP contribution is 2.13. The van der Waals surface area contributed by atoms with Gasteiger partial charge < -0.3 is 19.9 Å². The number of methoxy groups -OCH3 is 1. The van der Waals surface area contributed by atoms with Crippen LogP contribution in [-0.4, -0.2) is 47.5 Å². The minimum Gasteiger partial charge on any atom is -0.383 e. The lowest BCUT2D eigenvalue weighted by atomic mass is 10.2. The molecule has 1 atom stereocenters. The number of nitrogens with one attached hydrogen (secondary N) is 2. The molecule has 1 aromatic rings. The largest absolute Gasteiger partial charge is 0.383 e. The molecule has 0 aliphatic carbocycles. The third-order valence-electron chi connectivity index (χ3n) is 3.37. The van der Waals surface area contributed by atoms with Gasteiger partial charge in [-0.2, -0.15) is 0 Å². The molecule has 7 nitrogen and oxygen atoms in total. The summed E-state index contributed by atoms with van der Waals surface area (Å²) in [7, 11) is 3.45. The third-order valence-corrected chi connectivity index (χ3v) is 3.37. The first-order chi connectivity index (χ1) is 9.74. The number of guanidine groups is 1. The normalized spacial score (nSPS) is 15.9. The van der Waals surface area contributed by atoms with Gasteiger partial charge in [-0.15, -0.1) is 34.2 Å². The highest BCUT2D eigenvalue weighted by atomic mass is 127. The fourth-order valence-electron chi connectivity index (χ4n) is 2.38. The van der Waals surface area contributed by atoms with Crippen molar-refractivity contribution in [3.05, 3.63) is 11.6 Å². The van der Waals surface area contributed by atoms with Gasteiger partial charge in [-0.1, -0.05) is 0 Å². The predicted octanol–water partition coefficient (Wildman–Crippen LogP) is 0.932. The van der Waals surface area contributed by atoms with Crippen LogP contribution in [0.3, 0.4) is 0 Å². The van der Waals surface area contributed by atoms with E-state index >= 15 is 0 Å². The maximum atomic E-state index is 5.10. The molecule has 0 spiro atoms. The summed E-state index contributed by atoms with van der Waals surface area (Å²) in [5.74, 6) is 2.83. The standard InChI is InChI=1S/C13H24N6O.HI/c1-10(9-20-3)16-13(14-2)15-8-12-18-17-11-6-4-5-7-19(11)12;/h10H,4-9H2,1-3H3,(H2,14,15,16);1H. The molecule has 8 heteroatoms. The van der Waals surface area contributed by atoms with Crippen molar-refractivity contribution in [2.24, 2.45) is 4.99 Å². The number of aliphatic imine (C=N–C) groups is 1. The molecule has 21 heavy (non-hydrogen) atoms. The van der Waals surface area contributed by atoms with Crippen LogP contribution in [0.15, 0.2) is 4.99 Å². The summed E-state index contributed by atoms with van der Waals surface area (Å²) in [4.78, 5) is 4.20. The summed E-state index contributed by atoms with van der Waals surface area (Å²) in [5, 5.41) is 15.0. The Labute approximate surface area is 143 Å². The van der Waals surface area contributed by atoms with Gasteiger partial charge in [0.25, 0.3) is 0 Å². The van der Waals surface area contributed by atoms with Crippen LogP contribution in [0.4, 0.5) is 0 Å². The van der Waals surface area contributed by atoms with Gasteiger partial charge in [0.2, 0.25) is 0 Å². The number of nitrogens with zero attached hydrogens (tertiary/aromatic N) is 4. The zero-order chi connectivity index (χ0) is 14.4. The molecule has 0 saturated heterocycles. The zero-order valence-corrected chi connectivity index (χ0v) is 15.3. The average Bonchev–Trinajstić information content (AvgIpc) is 2.87. The number of hydrogen-bond acceptors (Lipinski definition) is 4. The van der Waals surface area contributed by atoms with E-state index in [2.05, 4.69) is 37.3 Å². The van der Waals surface area contributed by atoms with E-state index in [1.54, 1.807) is 14.2 Å². The van der Waals surface area contributed by atoms with Crippen LogP contribution < -0.4 is 10.6 Å². The van der Waals surface area contributed by atoms with Crippen LogP contribution in [0.2, 0.25) is 0 Å². The molecule has 0 saturated carbocycles. The number of aryl methyl sites for hydroxylation is 1. The lowest BCUT2D eigenvalue weighted by Crippen LogP contribution is -2.43. The minimum absolute atomic E-state index is 0. The predicted molar refractivity (Wildman–Crippen MR) is 93.0 cm³/mol. The Balaban J connectivity index is 0.00000220. The fraction of sp³-hybridized carbons (Fsp3) is 0.769. The molecular weight excluding hydrogens is 383 g/mol. The molecule has 1 unspecified atom stereocenters. The molecule has 1 aliphatic heterocycles. The lowest BCUT2D eigenvalue weighted by molar-refractivity contribution is 0.179. The third kappa shape index (κ3) is 5.10. The topological polar surface area (TPSA) is 76.4 Å². The number of aromatic nitrogens is 3. The number of halogens is 1. The molecule has 120 valence electrons. The maximum Gasteiger partial charge on any atom is 0.191 e. The van der Waals surface area contributed by atoms with Gasteiger partial charge in [0, 0.05) is 33.2 Å². The van der Waals surface area contributed by atoms with E-state index in [-0.39, 0.29) is 30.0 Å². The van der Waals surface area contributed by atoms with Crippen molar-refractivity contribution in [2.75, 3.05) is 20.8 Å². The molecule has 2 rings (SSSR count). The summed E-state index contributed by atoms with van der Waals surface area (Å²) in [6.45, 7) is 4.34. The molecule has 2 N–H and O–H groups in total. The summed E-state index contributed by atoms with van der Waals surface area (Å²) in [5.41, 5.74) is 0. The summed E-state index contributed by atoms with van der Waals surface area (Å²) < 4.78 is 7.31. The first kappa shape index (κ1) is 18.1. The van der Waals surface area contributed by atoms with Crippen molar-refractivity contribution in [1.82, 2.24) is 25.4 Å². The van der Waals surface area contributed by atoms with E-state index < -0.39 is 0 Å². The molecular formula is C13H25IN6O. The van der Waals surface area contributed by atoms with E-state index in [9.17, 15) is 0 Å². The Morgan fingerprint density at radius 2 is 2.24 bits per heavy atom. The van der Waals surface area contributed by atoms with Crippen LogP contribution in [0.1, 0.15) is 31.4 Å². The van der Waals surface area contributed by atoms with Crippen molar-refractivity contribution in [3.63, 3.8) is 0 Å².